The second-order valence-electron chi connectivity index (χ2n) is 4.46. The van der Waals surface area contributed by atoms with E-state index in [0.29, 0.717) is 0 Å². The Morgan fingerprint density at radius 2 is 2.06 bits per heavy atom. The molecule has 0 saturated carbocycles. The van der Waals surface area contributed by atoms with Crippen molar-refractivity contribution in [1.29, 1.82) is 0 Å². The number of nitrogens with zero attached hydrogens (tertiary/aromatic N) is 1. The van der Waals surface area contributed by atoms with Crippen molar-refractivity contribution in [2.45, 2.75) is 31.5 Å². The third-order valence-electron chi connectivity index (χ3n) is 2.92. The zero-order valence-corrected chi connectivity index (χ0v) is 9.62. The summed E-state index contributed by atoms with van der Waals surface area (Å²) in [7, 11) is 1.38. The minimum absolute atomic E-state index is 0.106. The van der Waals surface area contributed by atoms with Gasteiger partial charge in [0.2, 0.25) is 5.67 Å². The normalized spacial score (nSPS) is 25.9. The van der Waals surface area contributed by atoms with Gasteiger partial charge in [0.1, 0.15) is 5.60 Å². The maximum absolute atomic E-state index is 13.7. The third kappa shape index (κ3) is 2.16. The van der Waals surface area contributed by atoms with Crippen LogP contribution in [0.4, 0.5) is 4.39 Å². The lowest BCUT2D eigenvalue weighted by Gasteiger charge is -2.28. The van der Waals surface area contributed by atoms with Gasteiger partial charge in [-0.15, -0.1) is 0 Å². The van der Waals surface area contributed by atoms with Crippen LogP contribution in [0, 0.1) is 0 Å². The summed E-state index contributed by atoms with van der Waals surface area (Å²) < 4.78 is 18.7. The minimum Gasteiger partial charge on any atom is -0.479 e. The second-order valence-corrected chi connectivity index (χ2v) is 4.46. The molecule has 16 heavy (non-hydrogen) atoms. The summed E-state index contributed by atoms with van der Waals surface area (Å²) in [6.07, 6.45) is -0.173. The standard InChI is InChI=1S/C10H16FNO4/c1-9(2,16-3)7(13)12-5-4-10(11,6-12)8(14)15/h4-6H2,1-3H3,(H,14,15). The first-order valence-electron chi connectivity index (χ1n) is 5.00. The highest BCUT2D eigenvalue weighted by molar-refractivity contribution is 5.87. The molecule has 0 bridgehead atoms. The Balaban J connectivity index is 2.74. The third-order valence-corrected chi connectivity index (χ3v) is 2.92. The van der Waals surface area contributed by atoms with E-state index in [1.807, 2.05) is 0 Å². The van der Waals surface area contributed by atoms with Crippen molar-refractivity contribution < 1.29 is 23.8 Å². The Morgan fingerprint density at radius 3 is 2.44 bits per heavy atom. The quantitative estimate of drug-likeness (QED) is 0.768. The lowest BCUT2D eigenvalue weighted by Crippen LogP contribution is -2.47. The number of likely N-dealkylation sites (tertiary alicyclic amines) is 1. The number of hydrogen-bond acceptors (Lipinski definition) is 3. The summed E-state index contributed by atoms with van der Waals surface area (Å²) in [5.41, 5.74) is -3.37. The van der Waals surface area contributed by atoms with Crippen molar-refractivity contribution in [3.05, 3.63) is 0 Å². The lowest BCUT2D eigenvalue weighted by molar-refractivity contribution is -0.153. The molecular weight excluding hydrogens is 217 g/mol. The Morgan fingerprint density at radius 1 is 1.50 bits per heavy atom. The van der Waals surface area contributed by atoms with Gasteiger partial charge in [-0.05, 0) is 13.8 Å². The summed E-state index contributed by atoms with van der Waals surface area (Å²) in [6.45, 7) is 2.82. The molecular formula is C10H16FNO4. The van der Waals surface area contributed by atoms with Crippen LogP contribution in [-0.4, -0.2) is 53.4 Å². The molecule has 6 heteroatoms. The number of amides is 1. The Kier molecular flexibility index (Phi) is 3.23. The van der Waals surface area contributed by atoms with E-state index in [2.05, 4.69) is 0 Å². The van der Waals surface area contributed by atoms with Crippen LogP contribution in [0.25, 0.3) is 0 Å². The highest BCUT2D eigenvalue weighted by atomic mass is 19.1. The number of halogens is 1. The van der Waals surface area contributed by atoms with Crippen LogP contribution in [0.3, 0.4) is 0 Å². The van der Waals surface area contributed by atoms with Crippen LogP contribution in [0.5, 0.6) is 0 Å². The van der Waals surface area contributed by atoms with Gasteiger partial charge in [0.25, 0.3) is 5.91 Å². The molecule has 1 atom stereocenters. The molecule has 1 heterocycles. The Hall–Kier alpha value is -1.17. The molecule has 1 rings (SSSR count). The largest absolute Gasteiger partial charge is 0.479 e. The molecule has 0 aromatic rings. The van der Waals surface area contributed by atoms with E-state index < -0.39 is 29.7 Å². The van der Waals surface area contributed by atoms with Gasteiger partial charge in [0.15, 0.2) is 0 Å². The van der Waals surface area contributed by atoms with E-state index in [-0.39, 0.29) is 13.0 Å². The summed E-state index contributed by atoms with van der Waals surface area (Å²) in [5.74, 6) is -1.91. The van der Waals surface area contributed by atoms with E-state index >= 15 is 0 Å². The van der Waals surface area contributed by atoms with Crippen LogP contribution < -0.4 is 0 Å². The number of carbonyl (C=O) groups excluding carboxylic acids is 1. The summed E-state index contributed by atoms with van der Waals surface area (Å²) >= 11 is 0. The molecule has 92 valence electrons. The first-order valence-corrected chi connectivity index (χ1v) is 5.00. The van der Waals surface area contributed by atoms with Gasteiger partial charge in [0.05, 0.1) is 6.54 Å². The topological polar surface area (TPSA) is 66.8 Å². The van der Waals surface area contributed by atoms with Crippen molar-refractivity contribution in [2.75, 3.05) is 20.2 Å². The number of carboxylic acids is 1. The number of carboxylic acid groups (broad SMARTS) is 1. The molecule has 0 spiro atoms. The highest BCUT2D eigenvalue weighted by Gasteiger charge is 2.48. The SMILES string of the molecule is COC(C)(C)C(=O)N1CCC(F)(C(=O)O)C1. The van der Waals surface area contributed by atoms with Crippen molar-refractivity contribution >= 4 is 11.9 Å². The molecule has 0 aromatic heterocycles. The summed E-state index contributed by atoms with van der Waals surface area (Å²) in [5, 5.41) is 8.69. The van der Waals surface area contributed by atoms with E-state index in [4.69, 9.17) is 9.84 Å². The number of aliphatic carboxylic acids is 1. The van der Waals surface area contributed by atoms with Crippen molar-refractivity contribution in [2.24, 2.45) is 0 Å². The predicted molar refractivity (Wildman–Crippen MR) is 53.8 cm³/mol. The van der Waals surface area contributed by atoms with Crippen molar-refractivity contribution in [1.82, 2.24) is 4.90 Å². The highest BCUT2D eigenvalue weighted by Crippen LogP contribution is 2.28. The first-order chi connectivity index (χ1) is 7.23. The van der Waals surface area contributed by atoms with E-state index in [9.17, 15) is 14.0 Å². The van der Waals surface area contributed by atoms with Crippen LogP contribution in [0.1, 0.15) is 20.3 Å². The van der Waals surface area contributed by atoms with Gasteiger partial charge in [-0.25, -0.2) is 9.18 Å². The summed E-state index contributed by atoms with van der Waals surface area (Å²) in [6, 6.07) is 0. The molecule has 1 aliphatic rings. The molecule has 1 unspecified atom stereocenters. The molecule has 0 radical (unpaired) electrons. The molecule has 1 saturated heterocycles. The van der Waals surface area contributed by atoms with Crippen LogP contribution in [-0.2, 0) is 14.3 Å². The van der Waals surface area contributed by atoms with Crippen LogP contribution >= 0.6 is 0 Å². The van der Waals surface area contributed by atoms with Gasteiger partial charge in [-0.3, -0.25) is 4.79 Å². The molecule has 5 nitrogen and oxygen atoms in total. The molecule has 1 fully saturated rings. The maximum atomic E-state index is 13.7. The van der Waals surface area contributed by atoms with Crippen molar-refractivity contribution in [3.8, 4) is 0 Å². The maximum Gasteiger partial charge on any atom is 0.343 e. The first kappa shape index (κ1) is 12.9. The number of rotatable bonds is 3. The van der Waals surface area contributed by atoms with Gasteiger partial charge < -0.3 is 14.7 Å². The average molecular weight is 233 g/mol. The summed E-state index contributed by atoms with van der Waals surface area (Å²) in [4.78, 5) is 23.7. The van der Waals surface area contributed by atoms with Crippen molar-refractivity contribution in [3.63, 3.8) is 0 Å². The van der Waals surface area contributed by atoms with E-state index in [1.165, 1.54) is 12.0 Å². The Bertz CT molecular complexity index is 318. The van der Waals surface area contributed by atoms with Gasteiger partial charge in [-0.2, -0.15) is 0 Å². The smallest absolute Gasteiger partial charge is 0.343 e. The predicted octanol–water partition coefficient (Wildman–Crippen LogP) is 0.437. The van der Waals surface area contributed by atoms with E-state index in [1.54, 1.807) is 13.8 Å². The molecule has 1 amide bonds. The van der Waals surface area contributed by atoms with Gasteiger partial charge in [0, 0.05) is 20.1 Å². The second kappa shape index (κ2) is 4.01. The lowest BCUT2D eigenvalue weighted by atomic mass is 10.1. The number of ether oxygens (including phenoxy) is 1. The zero-order valence-electron chi connectivity index (χ0n) is 9.62. The molecule has 0 aliphatic carbocycles. The van der Waals surface area contributed by atoms with Gasteiger partial charge in [-0.1, -0.05) is 0 Å². The average Bonchev–Trinajstić information content (AvgIpc) is 2.61. The minimum atomic E-state index is -2.32. The number of hydrogen-bond donors (Lipinski definition) is 1. The van der Waals surface area contributed by atoms with Crippen LogP contribution in [0.2, 0.25) is 0 Å². The fourth-order valence-corrected chi connectivity index (χ4v) is 1.59. The number of alkyl halides is 1. The zero-order chi connectivity index (χ0) is 12.6. The molecule has 1 N–H and O–H groups in total. The fourth-order valence-electron chi connectivity index (χ4n) is 1.59. The van der Waals surface area contributed by atoms with Gasteiger partial charge >= 0.3 is 5.97 Å². The fraction of sp³-hybridized carbons (Fsp3) is 0.800. The molecule has 0 aromatic carbocycles. The monoisotopic (exact) mass is 233 g/mol. The number of carbonyl (C=O) groups is 2. The molecule has 1 aliphatic heterocycles. The number of methoxy groups -OCH3 is 1. The van der Waals surface area contributed by atoms with Crippen LogP contribution in [0.15, 0.2) is 0 Å². The van der Waals surface area contributed by atoms with E-state index in [0.717, 1.165) is 0 Å². The Labute approximate surface area is 93.2 Å².